The smallest absolute Gasteiger partial charge is 0.276 e. The third kappa shape index (κ3) is 4.01. The Morgan fingerprint density at radius 3 is 2.55 bits per heavy atom. The number of likely N-dealkylation sites (tertiary alicyclic amines) is 1. The number of furan rings is 1. The summed E-state index contributed by atoms with van der Waals surface area (Å²) in [5.74, 6) is 2.29. The van der Waals surface area contributed by atoms with Gasteiger partial charge in [0.25, 0.3) is 10.0 Å². The number of hydrogen-bond acceptors (Lipinski definition) is 6. The maximum absolute atomic E-state index is 12.7. The molecule has 4 rings (SSSR count). The Balaban J connectivity index is 1.53. The van der Waals surface area contributed by atoms with Gasteiger partial charge in [-0.1, -0.05) is 0 Å². The fourth-order valence-corrected chi connectivity index (χ4v) is 5.75. The molecule has 0 spiro atoms. The van der Waals surface area contributed by atoms with Crippen molar-refractivity contribution < 1.29 is 22.3 Å². The Kier molecular flexibility index (Phi) is 5.85. The highest BCUT2D eigenvalue weighted by molar-refractivity contribution is 7.89. The molecular weight excluding hydrogens is 392 g/mol. The normalized spacial score (nSPS) is 21.0. The first-order valence-corrected chi connectivity index (χ1v) is 11.5. The van der Waals surface area contributed by atoms with Crippen LogP contribution in [0.3, 0.4) is 0 Å². The number of hydrogen-bond donors (Lipinski definition) is 0. The second-order valence-electron chi connectivity index (χ2n) is 7.57. The van der Waals surface area contributed by atoms with Gasteiger partial charge in [0.2, 0.25) is 5.09 Å². The molecule has 3 heterocycles. The molecule has 1 atom stereocenters. The average molecular weight is 421 g/mol. The van der Waals surface area contributed by atoms with Gasteiger partial charge in [0.1, 0.15) is 17.3 Å². The predicted octanol–water partition coefficient (Wildman–Crippen LogP) is 3.42. The molecule has 8 heteroatoms. The van der Waals surface area contributed by atoms with E-state index in [0.717, 1.165) is 49.3 Å². The van der Waals surface area contributed by atoms with Gasteiger partial charge in [0.15, 0.2) is 0 Å². The highest BCUT2D eigenvalue weighted by Crippen LogP contribution is 2.39. The standard InChI is InChI=1S/C21H28N2O5S/c1-26-16-7-9-20(27-2)18(14-16)19-6-5-11-22(19)15-17-8-10-21(28-17)29(24,25)23-12-3-4-13-23/h7-10,14,19H,3-6,11-13,15H2,1-2H3/t19-/m0/s1. The zero-order valence-electron chi connectivity index (χ0n) is 17.0. The third-order valence-electron chi connectivity index (χ3n) is 5.81. The van der Waals surface area contributed by atoms with Crippen molar-refractivity contribution in [1.29, 1.82) is 0 Å². The van der Waals surface area contributed by atoms with Crippen molar-refractivity contribution in [3.8, 4) is 11.5 Å². The molecule has 158 valence electrons. The van der Waals surface area contributed by atoms with E-state index in [9.17, 15) is 8.42 Å². The maximum atomic E-state index is 12.7. The number of sulfonamides is 1. The summed E-state index contributed by atoms with van der Waals surface area (Å²) in [6.45, 7) is 2.62. The van der Waals surface area contributed by atoms with E-state index in [2.05, 4.69) is 4.90 Å². The van der Waals surface area contributed by atoms with E-state index in [1.807, 2.05) is 18.2 Å². The van der Waals surface area contributed by atoms with Crippen LogP contribution in [0.25, 0.3) is 0 Å². The van der Waals surface area contributed by atoms with Crippen molar-refractivity contribution in [2.75, 3.05) is 33.9 Å². The van der Waals surface area contributed by atoms with Crippen LogP contribution >= 0.6 is 0 Å². The van der Waals surface area contributed by atoms with E-state index in [4.69, 9.17) is 13.9 Å². The lowest BCUT2D eigenvalue weighted by atomic mass is 10.0. The molecule has 2 aliphatic heterocycles. The monoisotopic (exact) mass is 420 g/mol. The number of nitrogens with zero attached hydrogens (tertiary/aromatic N) is 2. The molecule has 0 radical (unpaired) electrons. The van der Waals surface area contributed by atoms with Gasteiger partial charge >= 0.3 is 0 Å². The van der Waals surface area contributed by atoms with Crippen molar-refractivity contribution in [2.45, 2.75) is 43.4 Å². The topological polar surface area (TPSA) is 72.2 Å². The van der Waals surface area contributed by atoms with E-state index in [-0.39, 0.29) is 11.1 Å². The molecule has 0 N–H and O–H groups in total. The molecule has 0 amide bonds. The molecule has 2 fully saturated rings. The summed E-state index contributed by atoms with van der Waals surface area (Å²) < 4.78 is 43.7. The first kappa shape index (κ1) is 20.3. The molecule has 1 aromatic heterocycles. The lowest BCUT2D eigenvalue weighted by Gasteiger charge is -2.25. The van der Waals surface area contributed by atoms with Crippen LogP contribution in [0.4, 0.5) is 0 Å². The minimum Gasteiger partial charge on any atom is -0.497 e. The molecule has 0 saturated carbocycles. The van der Waals surface area contributed by atoms with Gasteiger partial charge in [-0.25, -0.2) is 8.42 Å². The summed E-state index contributed by atoms with van der Waals surface area (Å²) in [7, 11) is -0.196. The van der Waals surface area contributed by atoms with E-state index >= 15 is 0 Å². The molecule has 2 aromatic rings. The van der Waals surface area contributed by atoms with Crippen molar-refractivity contribution in [3.05, 3.63) is 41.7 Å². The van der Waals surface area contributed by atoms with Gasteiger partial charge in [-0.2, -0.15) is 4.31 Å². The second-order valence-corrected chi connectivity index (χ2v) is 9.44. The van der Waals surface area contributed by atoms with Gasteiger partial charge in [-0.3, -0.25) is 4.90 Å². The second kappa shape index (κ2) is 8.38. The fraction of sp³-hybridized carbons (Fsp3) is 0.524. The van der Waals surface area contributed by atoms with Crippen LogP contribution in [-0.2, 0) is 16.6 Å². The van der Waals surface area contributed by atoms with Gasteiger partial charge in [-0.15, -0.1) is 0 Å². The highest BCUT2D eigenvalue weighted by atomic mass is 32.2. The Hall–Kier alpha value is -2.03. The molecular formula is C21H28N2O5S. The van der Waals surface area contributed by atoms with Gasteiger partial charge in [-0.05, 0) is 62.6 Å². The lowest BCUT2D eigenvalue weighted by molar-refractivity contribution is 0.217. The van der Waals surface area contributed by atoms with E-state index < -0.39 is 10.0 Å². The van der Waals surface area contributed by atoms with E-state index in [1.54, 1.807) is 26.4 Å². The maximum Gasteiger partial charge on any atom is 0.276 e. The van der Waals surface area contributed by atoms with Crippen LogP contribution in [0.1, 0.15) is 43.0 Å². The zero-order valence-corrected chi connectivity index (χ0v) is 17.8. The SMILES string of the molecule is COc1ccc(OC)c([C@@H]2CCCN2Cc2ccc(S(=O)(=O)N3CCCC3)o2)c1. The molecule has 2 aliphatic rings. The predicted molar refractivity (Wildman–Crippen MR) is 109 cm³/mol. The summed E-state index contributed by atoms with van der Waals surface area (Å²) in [5.41, 5.74) is 1.08. The van der Waals surface area contributed by atoms with Crippen LogP contribution in [0.15, 0.2) is 39.8 Å². The van der Waals surface area contributed by atoms with Crippen molar-refractivity contribution in [1.82, 2.24) is 9.21 Å². The molecule has 0 unspecified atom stereocenters. The van der Waals surface area contributed by atoms with Crippen LogP contribution in [0, 0.1) is 0 Å². The lowest BCUT2D eigenvalue weighted by Crippen LogP contribution is -2.27. The van der Waals surface area contributed by atoms with Crippen LogP contribution < -0.4 is 9.47 Å². The Morgan fingerprint density at radius 1 is 1.03 bits per heavy atom. The van der Waals surface area contributed by atoms with E-state index in [0.29, 0.717) is 25.4 Å². The Labute approximate surface area is 172 Å². The van der Waals surface area contributed by atoms with Crippen LogP contribution in [0.2, 0.25) is 0 Å². The first-order valence-electron chi connectivity index (χ1n) is 10.1. The molecule has 0 bridgehead atoms. The minimum atomic E-state index is -3.53. The van der Waals surface area contributed by atoms with Crippen molar-refractivity contribution in [2.24, 2.45) is 0 Å². The van der Waals surface area contributed by atoms with Crippen LogP contribution in [-0.4, -0.2) is 51.5 Å². The number of methoxy groups -OCH3 is 2. The summed E-state index contributed by atoms with van der Waals surface area (Å²) in [6, 6.07) is 9.38. The fourth-order valence-electron chi connectivity index (χ4n) is 4.31. The Bertz CT molecular complexity index is 950. The third-order valence-corrected chi connectivity index (χ3v) is 7.59. The zero-order chi connectivity index (χ0) is 20.4. The molecule has 2 saturated heterocycles. The average Bonchev–Trinajstić information content (AvgIpc) is 3.49. The summed E-state index contributed by atoms with van der Waals surface area (Å²) in [5, 5.41) is 0.0455. The minimum absolute atomic E-state index is 0.0455. The van der Waals surface area contributed by atoms with Gasteiger partial charge in [0, 0.05) is 24.7 Å². The van der Waals surface area contributed by atoms with Crippen molar-refractivity contribution in [3.63, 3.8) is 0 Å². The van der Waals surface area contributed by atoms with E-state index in [1.165, 1.54) is 4.31 Å². The quantitative estimate of drug-likeness (QED) is 0.684. The summed E-state index contributed by atoms with van der Waals surface area (Å²) in [6.07, 6.45) is 3.88. The summed E-state index contributed by atoms with van der Waals surface area (Å²) >= 11 is 0. The number of benzene rings is 1. The van der Waals surface area contributed by atoms with Gasteiger partial charge < -0.3 is 13.9 Å². The largest absolute Gasteiger partial charge is 0.497 e. The molecule has 1 aromatic carbocycles. The Morgan fingerprint density at radius 2 is 1.83 bits per heavy atom. The number of ether oxygens (including phenoxy) is 2. The van der Waals surface area contributed by atoms with Crippen molar-refractivity contribution >= 4 is 10.0 Å². The molecule has 29 heavy (non-hydrogen) atoms. The van der Waals surface area contributed by atoms with Gasteiger partial charge in [0.05, 0.1) is 20.8 Å². The first-order chi connectivity index (χ1) is 14.0. The number of rotatable bonds is 7. The summed E-state index contributed by atoms with van der Waals surface area (Å²) in [4.78, 5) is 2.31. The molecule has 7 nitrogen and oxygen atoms in total. The highest BCUT2D eigenvalue weighted by Gasteiger charge is 2.32. The molecule has 0 aliphatic carbocycles. The van der Waals surface area contributed by atoms with Crippen LogP contribution in [0.5, 0.6) is 11.5 Å².